The van der Waals surface area contributed by atoms with E-state index < -0.39 is 42.3 Å². The van der Waals surface area contributed by atoms with Crippen molar-refractivity contribution in [1.82, 2.24) is 9.88 Å². The summed E-state index contributed by atoms with van der Waals surface area (Å²) in [5.41, 5.74) is -1.82. The van der Waals surface area contributed by atoms with Crippen molar-refractivity contribution in [3.05, 3.63) is 34.2 Å². The molecule has 1 aromatic rings. The number of rotatable bonds is 5. The largest absolute Gasteiger partial charge is 0.454 e. The van der Waals surface area contributed by atoms with Crippen molar-refractivity contribution < 1.29 is 27.5 Å². The second-order valence-corrected chi connectivity index (χ2v) is 4.88. The highest BCUT2D eigenvalue weighted by molar-refractivity contribution is 5.80. The zero-order valence-corrected chi connectivity index (χ0v) is 11.4. The van der Waals surface area contributed by atoms with Gasteiger partial charge >= 0.3 is 12.1 Å². The topological polar surface area (TPSA) is 77.4 Å². The molecule has 0 spiro atoms. The fourth-order valence-electron chi connectivity index (χ4n) is 1.65. The SMILES string of the molecule is O=C(COC(=O)Cn1cc(C(F)(F)F)ccc1=O)NC1CC1. The molecule has 1 fully saturated rings. The molecule has 1 aromatic heterocycles. The van der Waals surface area contributed by atoms with Gasteiger partial charge in [0.05, 0.1) is 5.56 Å². The first-order valence-electron chi connectivity index (χ1n) is 6.48. The van der Waals surface area contributed by atoms with Crippen LogP contribution in [0.4, 0.5) is 13.2 Å². The molecule has 1 heterocycles. The molecule has 1 amide bonds. The van der Waals surface area contributed by atoms with Gasteiger partial charge in [0.25, 0.3) is 11.5 Å². The van der Waals surface area contributed by atoms with Crippen molar-refractivity contribution in [1.29, 1.82) is 0 Å². The lowest BCUT2D eigenvalue weighted by Crippen LogP contribution is -2.32. The van der Waals surface area contributed by atoms with Gasteiger partial charge in [-0.3, -0.25) is 14.4 Å². The molecule has 0 radical (unpaired) electrons. The minimum Gasteiger partial charge on any atom is -0.454 e. The zero-order valence-electron chi connectivity index (χ0n) is 11.4. The van der Waals surface area contributed by atoms with E-state index in [-0.39, 0.29) is 6.04 Å². The Morgan fingerprint density at radius 3 is 2.59 bits per heavy atom. The van der Waals surface area contributed by atoms with Gasteiger partial charge in [-0.1, -0.05) is 0 Å². The Bertz CT molecular complexity index is 635. The number of esters is 1. The predicted octanol–water partition coefficient (Wildman–Crippen LogP) is 0.689. The summed E-state index contributed by atoms with van der Waals surface area (Å²) in [6, 6.07) is 1.46. The molecule has 1 N–H and O–H groups in total. The van der Waals surface area contributed by atoms with Crippen molar-refractivity contribution in [3.8, 4) is 0 Å². The van der Waals surface area contributed by atoms with E-state index >= 15 is 0 Å². The van der Waals surface area contributed by atoms with E-state index in [4.69, 9.17) is 0 Å². The Balaban J connectivity index is 1.92. The number of nitrogens with one attached hydrogen (secondary N) is 1. The van der Waals surface area contributed by atoms with E-state index in [9.17, 15) is 27.6 Å². The maximum Gasteiger partial charge on any atom is 0.417 e. The summed E-state index contributed by atoms with van der Waals surface area (Å²) in [5, 5.41) is 2.58. The highest BCUT2D eigenvalue weighted by atomic mass is 19.4. The maximum atomic E-state index is 12.5. The van der Waals surface area contributed by atoms with Gasteiger partial charge in [-0.25, -0.2) is 0 Å². The first-order chi connectivity index (χ1) is 10.3. The van der Waals surface area contributed by atoms with E-state index in [1.807, 2.05) is 0 Å². The second-order valence-electron chi connectivity index (χ2n) is 4.88. The Labute approximate surface area is 122 Å². The number of pyridine rings is 1. The van der Waals surface area contributed by atoms with Crippen LogP contribution >= 0.6 is 0 Å². The summed E-state index contributed by atoms with van der Waals surface area (Å²) < 4.78 is 42.8. The zero-order chi connectivity index (χ0) is 16.3. The Morgan fingerprint density at radius 1 is 1.32 bits per heavy atom. The molecular formula is C13H13F3N2O4. The molecule has 0 aliphatic heterocycles. The Hall–Kier alpha value is -2.32. The lowest BCUT2D eigenvalue weighted by molar-refractivity contribution is -0.149. The van der Waals surface area contributed by atoms with E-state index in [0.717, 1.165) is 18.9 Å². The third kappa shape index (κ3) is 4.61. The number of carbonyl (C=O) groups excluding carboxylic acids is 2. The molecule has 6 nitrogen and oxygen atoms in total. The van der Waals surface area contributed by atoms with E-state index in [0.29, 0.717) is 16.8 Å². The van der Waals surface area contributed by atoms with Crippen LogP contribution in [0, 0.1) is 0 Å². The summed E-state index contributed by atoms with van der Waals surface area (Å²) in [6.07, 6.45) is -2.34. The van der Waals surface area contributed by atoms with E-state index in [2.05, 4.69) is 10.1 Å². The van der Waals surface area contributed by atoms with Gasteiger partial charge in [-0.2, -0.15) is 13.2 Å². The number of halogens is 3. The van der Waals surface area contributed by atoms with Gasteiger partial charge in [0.1, 0.15) is 6.54 Å². The Kier molecular flexibility index (Phi) is 4.53. The van der Waals surface area contributed by atoms with Crippen LogP contribution in [0.2, 0.25) is 0 Å². The van der Waals surface area contributed by atoms with Gasteiger partial charge in [0.2, 0.25) is 0 Å². The number of carbonyl (C=O) groups is 2. The van der Waals surface area contributed by atoms with Gasteiger partial charge in [0.15, 0.2) is 6.61 Å². The van der Waals surface area contributed by atoms with Crippen LogP contribution in [0.25, 0.3) is 0 Å². The normalized spacial score (nSPS) is 14.5. The van der Waals surface area contributed by atoms with E-state index in [1.54, 1.807) is 0 Å². The van der Waals surface area contributed by atoms with Crippen LogP contribution < -0.4 is 10.9 Å². The summed E-state index contributed by atoms with van der Waals surface area (Å²) in [7, 11) is 0. The minimum absolute atomic E-state index is 0.109. The smallest absolute Gasteiger partial charge is 0.417 e. The van der Waals surface area contributed by atoms with Crippen molar-refractivity contribution in [2.75, 3.05) is 6.61 Å². The first-order valence-corrected chi connectivity index (χ1v) is 6.48. The molecule has 9 heteroatoms. The van der Waals surface area contributed by atoms with Crippen molar-refractivity contribution in [2.45, 2.75) is 31.6 Å². The number of nitrogens with zero attached hydrogens (tertiary/aromatic N) is 1. The summed E-state index contributed by atoms with van der Waals surface area (Å²) in [4.78, 5) is 34.2. The average molecular weight is 318 g/mol. The lowest BCUT2D eigenvalue weighted by Gasteiger charge is -2.10. The average Bonchev–Trinajstić information content (AvgIpc) is 3.21. The van der Waals surface area contributed by atoms with Gasteiger partial charge in [-0.15, -0.1) is 0 Å². The van der Waals surface area contributed by atoms with Crippen LogP contribution in [0.3, 0.4) is 0 Å². The van der Waals surface area contributed by atoms with Gasteiger partial charge in [0, 0.05) is 18.3 Å². The van der Waals surface area contributed by atoms with Crippen LogP contribution in [-0.2, 0) is 27.0 Å². The molecule has 22 heavy (non-hydrogen) atoms. The molecule has 0 aromatic carbocycles. The third-order valence-electron chi connectivity index (χ3n) is 2.92. The highest BCUT2D eigenvalue weighted by Crippen LogP contribution is 2.27. The number of ether oxygens (including phenoxy) is 1. The number of hydrogen-bond donors (Lipinski definition) is 1. The molecule has 0 saturated heterocycles. The molecule has 1 saturated carbocycles. The van der Waals surface area contributed by atoms with Crippen LogP contribution in [0.1, 0.15) is 18.4 Å². The molecule has 0 atom stereocenters. The number of aromatic nitrogens is 1. The van der Waals surface area contributed by atoms with Crippen LogP contribution in [0.5, 0.6) is 0 Å². The molecule has 0 unspecified atom stereocenters. The van der Waals surface area contributed by atoms with Gasteiger partial charge in [-0.05, 0) is 18.9 Å². The highest BCUT2D eigenvalue weighted by Gasteiger charge is 2.31. The summed E-state index contributed by atoms with van der Waals surface area (Å²) in [6.45, 7) is -1.22. The first kappa shape index (κ1) is 16.1. The van der Waals surface area contributed by atoms with Crippen molar-refractivity contribution >= 4 is 11.9 Å². The number of hydrogen-bond acceptors (Lipinski definition) is 4. The molecule has 1 aliphatic carbocycles. The number of alkyl halides is 3. The summed E-state index contributed by atoms with van der Waals surface area (Å²) >= 11 is 0. The van der Waals surface area contributed by atoms with Crippen molar-refractivity contribution in [2.24, 2.45) is 0 Å². The maximum absolute atomic E-state index is 12.5. The fourth-order valence-corrected chi connectivity index (χ4v) is 1.65. The van der Waals surface area contributed by atoms with Gasteiger partial charge < -0.3 is 14.6 Å². The predicted molar refractivity (Wildman–Crippen MR) is 67.8 cm³/mol. The molecule has 2 rings (SSSR count). The third-order valence-corrected chi connectivity index (χ3v) is 2.92. The molecular weight excluding hydrogens is 305 g/mol. The molecule has 120 valence electrons. The minimum atomic E-state index is -4.62. The van der Waals surface area contributed by atoms with E-state index in [1.165, 1.54) is 0 Å². The lowest BCUT2D eigenvalue weighted by atomic mass is 10.3. The standard InChI is InChI=1S/C13H13F3N2O4/c14-13(15,16)8-1-4-11(20)18(5-8)6-12(21)22-7-10(19)17-9-2-3-9/h1,4-5,9H,2-3,6-7H2,(H,17,19). The number of amides is 1. The molecule has 0 bridgehead atoms. The van der Waals surface area contributed by atoms with Crippen LogP contribution in [0.15, 0.2) is 23.1 Å². The molecule has 1 aliphatic rings. The van der Waals surface area contributed by atoms with Crippen molar-refractivity contribution in [3.63, 3.8) is 0 Å². The second kappa shape index (κ2) is 6.20. The quantitative estimate of drug-likeness (QED) is 0.810. The monoisotopic (exact) mass is 318 g/mol. The Morgan fingerprint density at radius 2 is 2.00 bits per heavy atom. The summed E-state index contributed by atoms with van der Waals surface area (Å²) in [5.74, 6) is -1.44. The van der Waals surface area contributed by atoms with Crippen LogP contribution in [-0.4, -0.2) is 29.1 Å². The fraction of sp³-hybridized carbons (Fsp3) is 0.462.